The molecule has 2 fully saturated rings. The van der Waals surface area contributed by atoms with Crippen LogP contribution in [0.5, 0.6) is 0 Å². The molecule has 0 amide bonds. The largest absolute Gasteiger partial charge is 0.351 e. The Bertz CT molecular complexity index is 1020. The third kappa shape index (κ3) is 3.97. The molecule has 2 N–H and O–H groups in total. The number of anilines is 3. The van der Waals surface area contributed by atoms with Gasteiger partial charge in [0.05, 0.1) is 16.9 Å². The van der Waals surface area contributed by atoms with Crippen LogP contribution in [0.25, 0.3) is 11.2 Å². The molecule has 0 unspecified atom stereocenters. The fourth-order valence-electron chi connectivity index (χ4n) is 4.83. The Morgan fingerprint density at radius 3 is 2.53 bits per heavy atom. The molecule has 0 radical (unpaired) electrons. The number of halogens is 1. The molecule has 7 heteroatoms. The van der Waals surface area contributed by atoms with Crippen LogP contribution in [0.1, 0.15) is 64.3 Å². The Labute approximate surface area is 182 Å². The molecule has 0 spiro atoms. The lowest BCUT2D eigenvalue weighted by Gasteiger charge is -2.28. The second-order valence-corrected chi connectivity index (χ2v) is 9.26. The highest BCUT2D eigenvalue weighted by molar-refractivity contribution is 6.33. The Hall–Kier alpha value is -2.34. The number of rotatable bonds is 5. The molecule has 2 aliphatic rings. The molecular weight excluding hydrogens is 396 g/mol. The number of nitrogens with zero attached hydrogens (tertiary/aromatic N) is 4. The van der Waals surface area contributed by atoms with Gasteiger partial charge in [-0.3, -0.25) is 4.57 Å². The maximum atomic E-state index is 6.41. The van der Waals surface area contributed by atoms with Crippen LogP contribution in [0.3, 0.4) is 0 Å². The maximum absolute atomic E-state index is 6.41. The van der Waals surface area contributed by atoms with E-state index in [1.54, 1.807) is 0 Å². The molecule has 2 aliphatic carbocycles. The second-order valence-electron chi connectivity index (χ2n) is 8.85. The van der Waals surface area contributed by atoms with Gasteiger partial charge in [0.2, 0.25) is 11.9 Å². The van der Waals surface area contributed by atoms with Crippen LogP contribution in [0.15, 0.2) is 30.5 Å². The molecule has 6 nitrogen and oxygen atoms in total. The van der Waals surface area contributed by atoms with Crippen LogP contribution in [-0.2, 0) is 0 Å². The topological polar surface area (TPSA) is 67.7 Å². The minimum Gasteiger partial charge on any atom is -0.351 e. The van der Waals surface area contributed by atoms with Gasteiger partial charge in [0.1, 0.15) is 5.52 Å². The summed E-state index contributed by atoms with van der Waals surface area (Å²) < 4.78 is 2.28. The Balaban J connectivity index is 1.53. The predicted octanol–water partition coefficient (Wildman–Crippen LogP) is 6.33. The molecule has 2 saturated carbocycles. The Morgan fingerprint density at radius 1 is 1.00 bits per heavy atom. The highest BCUT2D eigenvalue weighted by Gasteiger charge is 2.26. The smallest absolute Gasteiger partial charge is 0.224 e. The third-order valence-electron chi connectivity index (χ3n) is 6.59. The number of fused-ring (bicyclic) bond motifs is 1. The average molecular weight is 425 g/mol. The SMILES string of the molecule is C[C@H]1CC[C@@H](n2c(Nc3ccccc3Cl)nc3cnc(NC4CCCC4)nc32)CC1. The van der Waals surface area contributed by atoms with Gasteiger partial charge in [-0.05, 0) is 56.6 Å². The zero-order valence-electron chi connectivity index (χ0n) is 17.4. The van der Waals surface area contributed by atoms with Crippen molar-refractivity contribution in [2.45, 2.75) is 70.4 Å². The minimum atomic E-state index is 0.380. The normalized spacial score (nSPS) is 22.5. The quantitative estimate of drug-likeness (QED) is 0.500. The summed E-state index contributed by atoms with van der Waals surface area (Å²) in [5.41, 5.74) is 2.58. The Kier molecular flexibility index (Phi) is 5.50. The molecule has 2 heterocycles. The van der Waals surface area contributed by atoms with Gasteiger partial charge in [-0.1, -0.05) is 43.5 Å². The summed E-state index contributed by atoms with van der Waals surface area (Å²) >= 11 is 6.41. The van der Waals surface area contributed by atoms with Crippen molar-refractivity contribution in [3.63, 3.8) is 0 Å². The van der Waals surface area contributed by atoms with Crippen molar-refractivity contribution in [2.24, 2.45) is 5.92 Å². The lowest BCUT2D eigenvalue weighted by atomic mass is 9.87. The van der Waals surface area contributed by atoms with Crippen molar-refractivity contribution < 1.29 is 0 Å². The van der Waals surface area contributed by atoms with Gasteiger partial charge >= 0.3 is 0 Å². The average Bonchev–Trinajstić information content (AvgIpc) is 3.38. The molecule has 3 aromatic rings. The first kappa shape index (κ1) is 19.6. The van der Waals surface area contributed by atoms with Gasteiger partial charge in [0.25, 0.3) is 0 Å². The number of imidazole rings is 1. The van der Waals surface area contributed by atoms with E-state index in [4.69, 9.17) is 21.6 Å². The van der Waals surface area contributed by atoms with Crippen molar-refractivity contribution >= 4 is 40.3 Å². The lowest BCUT2D eigenvalue weighted by molar-refractivity contribution is 0.295. The van der Waals surface area contributed by atoms with E-state index in [1.165, 1.54) is 38.5 Å². The van der Waals surface area contributed by atoms with Crippen LogP contribution in [-0.4, -0.2) is 25.6 Å². The molecular formula is C23H29ClN6. The van der Waals surface area contributed by atoms with E-state index < -0.39 is 0 Å². The monoisotopic (exact) mass is 424 g/mol. The molecule has 0 bridgehead atoms. The lowest BCUT2D eigenvalue weighted by Crippen LogP contribution is -2.19. The van der Waals surface area contributed by atoms with E-state index in [2.05, 4.69) is 27.1 Å². The predicted molar refractivity (Wildman–Crippen MR) is 123 cm³/mol. The summed E-state index contributed by atoms with van der Waals surface area (Å²) in [6, 6.07) is 8.65. The highest BCUT2D eigenvalue weighted by Crippen LogP contribution is 2.37. The van der Waals surface area contributed by atoms with Gasteiger partial charge in [-0.15, -0.1) is 0 Å². The van der Waals surface area contributed by atoms with Gasteiger partial charge in [0, 0.05) is 12.1 Å². The molecule has 0 saturated heterocycles. The van der Waals surface area contributed by atoms with Crippen molar-refractivity contribution in [2.75, 3.05) is 10.6 Å². The van der Waals surface area contributed by atoms with E-state index in [9.17, 15) is 0 Å². The van der Waals surface area contributed by atoms with E-state index in [0.717, 1.165) is 41.6 Å². The van der Waals surface area contributed by atoms with Crippen molar-refractivity contribution in [1.82, 2.24) is 19.5 Å². The van der Waals surface area contributed by atoms with Crippen molar-refractivity contribution in [3.05, 3.63) is 35.5 Å². The molecule has 0 atom stereocenters. The number of para-hydroxylation sites is 1. The van der Waals surface area contributed by atoms with Gasteiger partial charge in [0.15, 0.2) is 5.65 Å². The van der Waals surface area contributed by atoms with Gasteiger partial charge in [-0.2, -0.15) is 4.98 Å². The fourth-order valence-corrected chi connectivity index (χ4v) is 5.01. The number of aromatic nitrogens is 4. The number of hydrogen-bond donors (Lipinski definition) is 2. The van der Waals surface area contributed by atoms with Crippen molar-refractivity contribution in [3.8, 4) is 0 Å². The molecule has 0 aliphatic heterocycles. The fraction of sp³-hybridized carbons (Fsp3) is 0.522. The van der Waals surface area contributed by atoms with Gasteiger partial charge in [-0.25, -0.2) is 9.97 Å². The minimum absolute atomic E-state index is 0.380. The van der Waals surface area contributed by atoms with E-state index >= 15 is 0 Å². The maximum Gasteiger partial charge on any atom is 0.224 e. The van der Waals surface area contributed by atoms with E-state index in [-0.39, 0.29) is 0 Å². The second kappa shape index (κ2) is 8.42. The Morgan fingerprint density at radius 2 is 1.77 bits per heavy atom. The van der Waals surface area contributed by atoms with Crippen LogP contribution in [0.4, 0.5) is 17.6 Å². The summed E-state index contributed by atoms with van der Waals surface area (Å²) in [6.45, 7) is 2.34. The van der Waals surface area contributed by atoms with Crippen LogP contribution in [0, 0.1) is 5.92 Å². The molecule has 30 heavy (non-hydrogen) atoms. The first-order chi connectivity index (χ1) is 14.7. The zero-order valence-corrected chi connectivity index (χ0v) is 18.2. The summed E-state index contributed by atoms with van der Waals surface area (Å²) in [4.78, 5) is 14.3. The number of hydrogen-bond acceptors (Lipinski definition) is 5. The first-order valence-electron chi connectivity index (χ1n) is 11.2. The van der Waals surface area contributed by atoms with E-state index in [0.29, 0.717) is 23.1 Å². The van der Waals surface area contributed by atoms with Crippen LogP contribution < -0.4 is 10.6 Å². The van der Waals surface area contributed by atoms with Crippen LogP contribution in [0.2, 0.25) is 5.02 Å². The summed E-state index contributed by atoms with van der Waals surface area (Å²) in [7, 11) is 0. The number of nitrogens with one attached hydrogen (secondary N) is 2. The van der Waals surface area contributed by atoms with Crippen molar-refractivity contribution in [1.29, 1.82) is 0 Å². The summed E-state index contributed by atoms with van der Waals surface area (Å²) in [5, 5.41) is 7.68. The highest BCUT2D eigenvalue weighted by atomic mass is 35.5. The molecule has 2 aromatic heterocycles. The van der Waals surface area contributed by atoms with E-state index in [1.807, 2.05) is 30.5 Å². The first-order valence-corrected chi connectivity index (χ1v) is 11.6. The summed E-state index contributed by atoms with van der Waals surface area (Å²) in [5.74, 6) is 2.29. The van der Waals surface area contributed by atoms with Gasteiger partial charge < -0.3 is 10.6 Å². The third-order valence-corrected chi connectivity index (χ3v) is 6.92. The summed E-state index contributed by atoms with van der Waals surface area (Å²) in [6.07, 6.45) is 11.5. The zero-order chi connectivity index (χ0) is 20.5. The molecule has 158 valence electrons. The molecule has 1 aromatic carbocycles. The molecule has 5 rings (SSSR count). The number of benzene rings is 1. The standard InChI is InChI=1S/C23H29ClN6/c1-15-10-12-17(13-11-15)30-21-20(14-25-22(29-21)26-16-6-2-3-7-16)28-23(30)27-19-9-5-4-8-18(19)24/h4-5,8-9,14-17H,2-3,6-7,10-13H2,1H3,(H,27,28)(H,25,26,29)/t15-,17+. The van der Waals surface area contributed by atoms with Crippen LogP contribution >= 0.6 is 11.6 Å².